The monoisotopic (exact) mass is 243 g/mol. The number of sulfone groups is 1. The second-order valence-corrected chi connectivity index (χ2v) is 6.29. The van der Waals surface area contributed by atoms with E-state index in [2.05, 4.69) is 9.97 Å². The van der Waals surface area contributed by atoms with Gasteiger partial charge in [0.25, 0.3) is 0 Å². The zero-order valence-corrected chi connectivity index (χ0v) is 9.46. The van der Waals surface area contributed by atoms with Gasteiger partial charge in [0, 0.05) is 11.6 Å². The maximum absolute atomic E-state index is 11.3. The molecule has 2 heterocycles. The van der Waals surface area contributed by atoms with Crippen molar-refractivity contribution in [2.75, 3.05) is 17.2 Å². The molecule has 3 N–H and O–H groups in total. The Kier molecular flexibility index (Phi) is 2.71. The summed E-state index contributed by atoms with van der Waals surface area (Å²) in [6, 6.07) is 0. The highest BCUT2D eigenvalue weighted by molar-refractivity contribution is 7.91. The summed E-state index contributed by atoms with van der Waals surface area (Å²) in [5, 5.41) is 0. The van der Waals surface area contributed by atoms with Gasteiger partial charge >= 0.3 is 5.69 Å². The van der Waals surface area contributed by atoms with Crippen LogP contribution in [-0.4, -0.2) is 29.9 Å². The van der Waals surface area contributed by atoms with Gasteiger partial charge < -0.3 is 10.7 Å². The summed E-state index contributed by atoms with van der Waals surface area (Å²) in [5.74, 6) is 0.322. The van der Waals surface area contributed by atoms with Gasteiger partial charge in [-0.15, -0.1) is 0 Å². The fourth-order valence-corrected chi connectivity index (χ4v) is 3.43. The Hall–Kier alpha value is -1.37. The van der Waals surface area contributed by atoms with Crippen LogP contribution in [0.3, 0.4) is 0 Å². The lowest BCUT2D eigenvalue weighted by molar-refractivity contribution is 0.544. The van der Waals surface area contributed by atoms with E-state index in [4.69, 9.17) is 5.73 Å². The topological polar surface area (TPSA) is 106 Å². The van der Waals surface area contributed by atoms with Crippen LogP contribution in [-0.2, 0) is 9.84 Å². The van der Waals surface area contributed by atoms with E-state index < -0.39 is 15.5 Å². The third-order valence-electron chi connectivity index (χ3n) is 2.84. The second kappa shape index (κ2) is 3.89. The van der Waals surface area contributed by atoms with Crippen molar-refractivity contribution in [1.82, 2.24) is 9.97 Å². The standard InChI is InChI=1S/C9H13N3O3S/c10-7-5-11-9(13)12-8(7)6-1-3-16(14,15)4-2-6/h5-6H,1-4,10H2,(H,11,12,13). The number of nitrogens with two attached hydrogens (primary N) is 1. The van der Waals surface area contributed by atoms with Crippen LogP contribution in [0.1, 0.15) is 24.5 Å². The van der Waals surface area contributed by atoms with Gasteiger partial charge in [-0.3, -0.25) is 0 Å². The lowest BCUT2D eigenvalue weighted by Gasteiger charge is -2.22. The number of nitrogen functional groups attached to an aromatic ring is 1. The number of rotatable bonds is 1. The highest BCUT2D eigenvalue weighted by Gasteiger charge is 2.26. The summed E-state index contributed by atoms with van der Waals surface area (Å²) in [4.78, 5) is 17.2. The van der Waals surface area contributed by atoms with Gasteiger partial charge in [0.05, 0.1) is 23.4 Å². The van der Waals surface area contributed by atoms with E-state index in [9.17, 15) is 13.2 Å². The fourth-order valence-electron chi connectivity index (χ4n) is 1.93. The molecule has 1 aliphatic rings. The molecule has 0 unspecified atom stereocenters. The van der Waals surface area contributed by atoms with Gasteiger partial charge in [0.1, 0.15) is 9.84 Å². The predicted octanol–water partition coefficient (Wildman–Crippen LogP) is -0.356. The number of H-pyrrole nitrogens is 1. The van der Waals surface area contributed by atoms with Crippen LogP contribution in [0.4, 0.5) is 5.69 Å². The maximum atomic E-state index is 11.3. The number of anilines is 1. The van der Waals surface area contributed by atoms with Crippen LogP contribution < -0.4 is 11.4 Å². The molecule has 6 nitrogen and oxygen atoms in total. The lowest BCUT2D eigenvalue weighted by Crippen LogP contribution is -2.25. The Morgan fingerprint density at radius 3 is 2.62 bits per heavy atom. The quantitative estimate of drug-likeness (QED) is 0.701. The summed E-state index contributed by atoms with van der Waals surface area (Å²) >= 11 is 0. The number of hydrogen-bond acceptors (Lipinski definition) is 5. The van der Waals surface area contributed by atoms with Gasteiger partial charge in [-0.25, -0.2) is 13.2 Å². The number of aromatic nitrogens is 2. The first-order valence-corrected chi connectivity index (χ1v) is 6.85. The molecule has 0 bridgehead atoms. The van der Waals surface area contributed by atoms with Crippen molar-refractivity contribution in [1.29, 1.82) is 0 Å². The minimum absolute atomic E-state index is 0.0132. The third-order valence-corrected chi connectivity index (χ3v) is 4.55. The van der Waals surface area contributed by atoms with Crippen molar-refractivity contribution >= 4 is 15.5 Å². The molecular weight excluding hydrogens is 230 g/mol. The molecule has 0 saturated carbocycles. The lowest BCUT2D eigenvalue weighted by atomic mass is 9.97. The van der Waals surface area contributed by atoms with Gasteiger partial charge in [0.15, 0.2) is 0 Å². The minimum atomic E-state index is -2.90. The molecule has 2 rings (SSSR count). The summed E-state index contributed by atoms with van der Waals surface area (Å²) < 4.78 is 22.5. The van der Waals surface area contributed by atoms with Gasteiger partial charge in [0.2, 0.25) is 0 Å². The molecule has 16 heavy (non-hydrogen) atoms. The van der Waals surface area contributed by atoms with Crippen molar-refractivity contribution in [3.8, 4) is 0 Å². The summed E-state index contributed by atoms with van der Waals surface area (Å²) in [7, 11) is -2.90. The molecule has 1 aromatic heterocycles. The molecule has 1 fully saturated rings. The van der Waals surface area contributed by atoms with E-state index in [-0.39, 0.29) is 17.4 Å². The fraction of sp³-hybridized carbons (Fsp3) is 0.556. The Morgan fingerprint density at radius 2 is 2.00 bits per heavy atom. The van der Waals surface area contributed by atoms with E-state index in [1.807, 2.05) is 0 Å². The summed E-state index contributed by atoms with van der Waals surface area (Å²) in [6.45, 7) is 0. The zero-order valence-electron chi connectivity index (χ0n) is 8.64. The number of nitrogens with zero attached hydrogens (tertiary/aromatic N) is 1. The van der Waals surface area contributed by atoms with E-state index in [1.165, 1.54) is 6.20 Å². The Balaban J connectivity index is 2.26. The molecular formula is C9H13N3O3S. The van der Waals surface area contributed by atoms with E-state index in [0.717, 1.165) is 0 Å². The first-order chi connectivity index (χ1) is 7.48. The van der Waals surface area contributed by atoms with Crippen molar-refractivity contribution in [2.24, 2.45) is 0 Å². The molecule has 0 spiro atoms. The molecule has 88 valence electrons. The molecule has 0 amide bonds. The maximum Gasteiger partial charge on any atom is 0.345 e. The van der Waals surface area contributed by atoms with Crippen molar-refractivity contribution in [3.05, 3.63) is 22.4 Å². The summed E-state index contributed by atoms with van der Waals surface area (Å²) in [6.07, 6.45) is 2.33. The van der Waals surface area contributed by atoms with Crippen LogP contribution in [0.25, 0.3) is 0 Å². The van der Waals surface area contributed by atoms with Crippen LogP contribution in [0, 0.1) is 0 Å². The van der Waals surface area contributed by atoms with E-state index in [1.54, 1.807) is 0 Å². The number of aromatic amines is 1. The molecule has 1 saturated heterocycles. The van der Waals surface area contributed by atoms with E-state index >= 15 is 0 Å². The van der Waals surface area contributed by atoms with Gasteiger partial charge in [-0.2, -0.15) is 4.98 Å². The van der Waals surface area contributed by atoms with Crippen molar-refractivity contribution < 1.29 is 8.42 Å². The Bertz CT molecular complexity index is 535. The second-order valence-electron chi connectivity index (χ2n) is 3.98. The molecule has 0 aliphatic carbocycles. The number of nitrogens with one attached hydrogen (secondary N) is 1. The highest BCUT2D eigenvalue weighted by atomic mass is 32.2. The first kappa shape index (κ1) is 11.1. The third kappa shape index (κ3) is 2.24. The van der Waals surface area contributed by atoms with Gasteiger partial charge in [-0.1, -0.05) is 0 Å². The smallest absolute Gasteiger partial charge is 0.345 e. The average Bonchev–Trinajstić information content (AvgIpc) is 2.22. The first-order valence-electron chi connectivity index (χ1n) is 5.03. The largest absolute Gasteiger partial charge is 0.396 e. The Morgan fingerprint density at radius 1 is 1.38 bits per heavy atom. The van der Waals surface area contributed by atoms with Gasteiger partial charge in [-0.05, 0) is 12.8 Å². The van der Waals surface area contributed by atoms with Crippen LogP contribution in [0.2, 0.25) is 0 Å². The average molecular weight is 243 g/mol. The van der Waals surface area contributed by atoms with Crippen LogP contribution in [0.15, 0.2) is 11.0 Å². The summed E-state index contributed by atoms with van der Waals surface area (Å²) in [5.41, 5.74) is 6.30. The minimum Gasteiger partial charge on any atom is -0.396 e. The molecule has 0 atom stereocenters. The van der Waals surface area contributed by atoms with E-state index in [0.29, 0.717) is 24.2 Å². The number of hydrogen-bond donors (Lipinski definition) is 2. The molecule has 0 radical (unpaired) electrons. The molecule has 7 heteroatoms. The predicted molar refractivity (Wildman–Crippen MR) is 59.9 cm³/mol. The zero-order chi connectivity index (χ0) is 11.8. The SMILES string of the molecule is Nc1cnc(=O)[nH]c1C1CCS(=O)(=O)CC1. The van der Waals surface area contributed by atoms with Crippen LogP contribution >= 0.6 is 0 Å². The molecule has 0 aromatic carbocycles. The highest BCUT2D eigenvalue weighted by Crippen LogP contribution is 2.29. The van der Waals surface area contributed by atoms with Crippen LogP contribution in [0.5, 0.6) is 0 Å². The molecule has 1 aliphatic heterocycles. The normalized spacial score (nSPS) is 20.8. The van der Waals surface area contributed by atoms with Crippen molar-refractivity contribution in [2.45, 2.75) is 18.8 Å². The Labute approximate surface area is 92.8 Å². The molecule has 1 aromatic rings. The van der Waals surface area contributed by atoms with Crippen molar-refractivity contribution in [3.63, 3.8) is 0 Å².